The summed E-state index contributed by atoms with van der Waals surface area (Å²) in [5.41, 5.74) is -1.10. The summed E-state index contributed by atoms with van der Waals surface area (Å²) in [5, 5.41) is 0. The third kappa shape index (κ3) is 2.55. The average molecular weight is 278 g/mol. The van der Waals surface area contributed by atoms with Crippen molar-refractivity contribution in [1.29, 1.82) is 0 Å². The smallest absolute Gasteiger partial charge is 0.345 e. The predicted molar refractivity (Wildman–Crippen MR) is 67.0 cm³/mol. The molecule has 1 aromatic carbocycles. The first-order chi connectivity index (χ1) is 9.51. The summed E-state index contributed by atoms with van der Waals surface area (Å²) < 4.78 is 14.6. The van der Waals surface area contributed by atoms with Gasteiger partial charge in [-0.25, -0.2) is 4.79 Å². The van der Waals surface area contributed by atoms with Crippen molar-refractivity contribution < 1.29 is 28.6 Å². The molecule has 0 spiro atoms. The topological polar surface area (TPSA) is 82.2 Å². The summed E-state index contributed by atoms with van der Waals surface area (Å²) in [6.07, 6.45) is -0.989. The van der Waals surface area contributed by atoms with Gasteiger partial charge in [-0.1, -0.05) is 30.3 Å². The second-order valence-corrected chi connectivity index (χ2v) is 4.39. The number of hydrogen-bond donors (Lipinski definition) is 0. The zero-order chi connectivity index (χ0) is 14.8. The fraction of sp³-hybridized carbons (Fsp3) is 0.357. The van der Waals surface area contributed by atoms with Crippen LogP contribution in [0.25, 0.3) is 0 Å². The van der Waals surface area contributed by atoms with E-state index in [9.17, 15) is 14.4 Å². The lowest BCUT2D eigenvalue weighted by Gasteiger charge is -2.10. The molecular weight excluding hydrogens is 264 g/mol. The summed E-state index contributed by atoms with van der Waals surface area (Å²) in [5.74, 6) is -1.63. The Balaban J connectivity index is 2.15. The quantitative estimate of drug-likeness (QED) is 0.449. The van der Waals surface area contributed by atoms with Gasteiger partial charge in [-0.3, -0.25) is 9.59 Å². The molecule has 1 aliphatic heterocycles. The lowest BCUT2D eigenvalue weighted by atomic mass is 9.99. The maximum absolute atomic E-state index is 12.2. The van der Waals surface area contributed by atoms with Gasteiger partial charge in [0.15, 0.2) is 11.9 Å². The molecule has 2 rings (SSSR count). The van der Waals surface area contributed by atoms with Crippen LogP contribution in [0.5, 0.6) is 0 Å². The zero-order valence-electron chi connectivity index (χ0n) is 11.1. The van der Waals surface area contributed by atoms with Crippen LogP contribution in [0.15, 0.2) is 30.3 Å². The summed E-state index contributed by atoms with van der Waals surface area (Å²) in [7, 11) is 1.18. The van der Waals surface area contributed by atoms with E-state index in [1.807, 2.05) is 0 Å². The highest BCUT2D eigenvalue weighted by atomic mass is 16.7. The molecular formula is C14H14O6. The van der Waals surface area contributed by atoms with E-state index in [2.05, 4.69) is 4.74 Å². The number of Topliss-reactive ketones (excluding diaryl/α,β-unsaturated/α-hetero) is 1. The molecule has 0 radical (unpaired) electrons. The summed E-state index contributed by atoms with van der Waals surface area (Å²) in [4.78, 5) is 34.8. The molecule has 2 atom stereocenters. The van der Waals surface area contributed by atoms with Crippen molar-refractivity contribution in [3.63, 3.8) is 0 Å². The van der Waals surface area contributed by atoms with Crippen LogP contribution in [0.4, 0.5) is 0 Å². The van der Waals surface area contributed by atoms with Crippen molar-refractivity contribution in [2.24, 2.45) is 0 Å². The molecule has 0 N–H and O–H groups in total. The third-order valence-electron chi connectivity index (χ3n) is 3.01. The number of ether oxygens (including phenoxy) is 3. The number of epoxide rings is 1. The van der Waals surface area contributed by atoms with Crippen LogP contribution >= 0.6 is 0 Å². The Morgan fingerprint density at radius 1 is 1.25 bits per heavy atom. The van der Waals surface area contributed by atoms with Gasteiger partial charge >= 0.3 is 11.9 Å². The van der Waals surface area contributed by atoms with E-state index < -0.39 is 23.6 Å². The Bertz CT molecular complexity index is 538. The standard InChI is InChI=1S/C14H14O6/c1-9(15)19-8-14(13(17)18-2)12(20-14)11(16)10-6-4-3-5-7-10/h3-7,12H,8H2,1-2H3/t12-,14-/m1/s1. The van der Waals surface area contributed by atoms with Crippen molar-refractivity contribution in [3.05, 3.63) is 35.9 Å². The van der Waals surface area contributed by atoms with Crippen molar-refractivity contribution in [1.82, 2.24) is 0 Å². The summed E-state index contributed by atoms with van der Waals surface area (Å²) in [6.45, 7) is 0.875. The number of esters is 2. The molecule has 0 saturated carbocycles. The number of carbonyl (C=O) groups excluding carboxylic acids is 3. The number of rotatable bonds is 5. The van der Waals surface area contributed by atoms with Gasteiger partial charge in [0.05, 0.1) is 7.11 Å². The minimum absolute atomic E-state index is 0.335. The Morgan fingerprint density at radius 2 is 1.90 bits per heavy atom. The van der Waals surface area contributed by atoms with Crippen LogP contribution < -0.4 is 0 Å². The van der Waals surface area contributed by atoms with Gasteiger partial charge in [0.25, 0.3) is 0 Å². The van der Waals surface area contributed by atoms with Gasteiger partial charge in [-0.2, -0.15) is 0 Å². The average Bonchev–Trinajstić information content (AvgIpc) is 3.20. The van der Waals surface area contributed by atoms with Crippen LogP contribution in [0.2, 0.25) is 0 Å². The van der Waals surface area contributed by atoms with E-state index in [1.54, 1.807) is 30.3 Å². The van der Waals surface area contributed by atoms with Crippen molar-refractivity contribution >= 4 is 17.7 Å². The minimum Gasteiger partial charge on any atom is -0.467 e. The molecule has 0 bridgehead atoms. The van der Waals surface area contributed by atoms with Gasteiger partial charge in [0.1, 0.15) is 6.61 Å². The van der Waals surface area contributed by atoms with Gasteiger partial charge < -0.3 is 14.2 Å². The molecule has 0 aliphatic carbocycles. The monoisotopic (exact) mass is 278 g/mol. The van der Waals surface area contributed by atoms with E-state index in [1.165, 1.54) is 14.0 Å². The molecule has 1 aliphatic rings. The second-order valence-electron chi connectivity index (χ2n) is 4.39. The Hall–Kier alpha value is -2.21. The maximum atomic E-state index is 12.2. The molecule has 1 fully saturated rings. The fourth-order valence-electron chi connectivity index (χ4n) is 1.90. The minimum atomic E-state index is -1.52. The molecule has 0 unspecified atom stereocenters. The van der Waals surface area contributed by atoms with E-state index in [0.717, 1.165) is 0 Å². The molecule has 6 nitrogen and oxygen atoms in total. The molecule has 0 aromatic heterocycles. The van der Waals surface area contributed by atoms with E-state index in [0.29, 0.717) is 5.56 Å². The number of hydrogen-bond acceptors (Lipinski definition) is 6. The third-order valence-corrected chi connectivity index (χ3v) is 3.01. The lowest BCUT2D eigenvalue weighted by molar-refractivity contribution is -0.153. The van der Waals surface area contributed by atoms with E-state index >= 15 is 0 Å². The predicted octanol–water partition coefficient (Wildman–Crippen LogP) is 0.743. The second kappa shape index (κ2) is 5.42. The van der Waals surface area contributed by atoms with Gasteiger partial charge in [-0.05, 0) is 0 Å². The van der Waals surface area contributed by atoms with Crippen LogP contribution in [-0.4, -0.2) is 43.1 Å². The summed E-state index contributed by atoms with van der Waals surface area (Å²) >= 11 is 0. The zero-order valence-corrected chi connectivity index (χ0v) is 11.1. The molecule has 6 heteroatoms. The Labute approximate surface area is 115 Å². The maximum Gasteiger partial charge on any atom is 0.345 e. The van der Waals surface area contributed by atoms with Crippen molar-refractivity contribution in [2.75, 3.05) is 13.7 Å². The summed E-state index contributed by atoms with van der Waals surface area (Å²) in [6, 6.07) is 8.44. The van der Waals surface area contributed by atoms with Gasteiger partial charge in [0.2, 0.25) is 5.60 Å². The first-order valence-corrected chi connectivity index (χ1v) is 6.00. The highest BCUT2D eigenvalue weighted by Crippen LogP contribution is 2.40. The molecule has 1 aromatic rings. The fourth-order valence-corrected chi connectivity index (χ4v) is 1.90. The van der Waals surface area contributed by atoms with E-state index in [-0.39, 0.29) is 12.4 Å². The molecule has 20 heavy (non-hydrogen) atoms. The highest BCUT2D eigenvalue weighted by molar-refractivity contribution is 6.06. The first-order valence-electron chi connectivity index (χ1n) is 6.00. The normalized spacial score (nSPS) is 23.8. The van der Waals surface area contributed by atoms with Gasteiger partial charge in [0, 0.05) is 12.5 Å². The number of benzene rings is 1. The molecule has 1 saturated heterocycles. The van der Waals surface area contributed by atoms with Crippen LogP contribution in [0.1, 0.15) is 17.3 Å². The molecule has 106 valence electrons. The van der Waals surface area contributed by atoms with Crippen molar-refractivity contribution in [3.8, 4) is 0 Å². The first kappa shape index (κ1) is 14.2. The SMILES string of the molecule is COC(=O)[C@]1(COC(C)=O)O[C@@H]1C(=O)c1ccccc1. The largest absolute Gasteiger partial charge is 0.467 e. The van der Waals surface area contributed by atoms with Crippen molar-refractivity contribution in [2.45, 2.75) is 18.6 Å². The van der Waals surface area contributed by atoms with Crippen LogP contribution in [0, 0.1) is 0 Å². The number of methoxy groups -OCH3 is 1. The van der Waals surface area contributed by atoms with Crippen LogP contribution in [-0.2, 0) is 23.8 Å². The van der Waals surface area contributed by atoms with Gasteiger partial charge in [-0.15, -0.1) is 0 Å². The van der Waals surface area contributed by atoms with Crippen LogP contribution in [0.3, 0.4) is 0 Å². The Morgan fingerprint density at radius 3 is 2.45 bits per heavy atom. The highest BCUT2D eigenvalue weighted by Gasteiger charge is 2.68. The Kier molecular flexibility index (Phi) is 3.85. The number of carbonyl (C=O) groups is 3. The molecule has 1 heterocycles. The number of ketones is 1. The van der Waals surface area contributed by atoms with E-state index in [4.69, 9.17) is 9.47 Å². The molecule has 0 amide bonds. The lowest BCUT2D eigenvalue weighted by Crippen LogP contribution is -2.37.